The number of hydrogen-bond acceptors (Lipinski definition) is 2. The van der Waals surface area contributed by atoms with E-state index in [0.717, 1.165) is 22.1 Å². The van der Waals surface area contributed by atoms with Gasteiger partial charge in [-0.05, 0) is 11.5 Å². The van der Waals surface area contributed by atoms with Crippen LogP contribution in [0.15, 0.2) is 36.4 Å². The third-order valence-corrected chi connectivity index (χ3v) is 2.57. The first-order valence-electron chi connectivity index (χ1n) is 4.59. The number of ether oxygens (including phenoxy) is 1. The summed E-state index contributed by atoms with van der Waals surface area (Å²) in [5.74, 6) is 0.751. The average Bonchev–Trinajstić information content (AvgIpc) is 2.27. The van der Waals surface area contributed by atoms with Gasteiger partial charge in [-0.2, -0.15) is 0 Å². The van der Waals surface area contributed by atoms with Gasteiger partial charge >= 0.3 is 0 Å². The molecule has 0 aromatic heterocycles. The van der Waals surface area contributed by atoms with Crippen LogP contribution < -0.4 is 10.5 Å². The van der Waals surface area contributed by atoms with E-state index in [1.807, 2.05) is 36.4 Å². The largest absolute Gasteiger partial charge is 0.495 e. The average molecular weight is 217 g/mol. The summed E-state index contributed by atoms with van der Waals surface area (Å²) >= 11 is 4.98. The lowest BCUT2D eigenvalue weighted by Gasteiger charge is -2.10. The molecule has 0 fully saturated rings. The van der Waals surface area contributed by atoms with Gasteiger partial charge in [0.05, 0.1) is 12.7 Å². The van der Waals surface area contributed by atoms with Crippen molar-refractivity contribution >= 4 is 28.0 Å². The van der Waals surface area contributed by atoms with Crippen LogP contribution in [-0.4, -0.2) is 12.1 Å². The molecule has 2 aromatic rings. The number of methoxy groups -OCH3 is 1. The molecule has 0 atom stereocenters. The molecule has 0 unspecified atom stereocenters. The quantitative estimate of drug-likeness (QED) is 0.785. The van der Waals surface area contributed by atoms with Gasteiger partial charge in [0.2, 0.25) is 0 Å². The second kappa shape index (κ2) is 3.87. The summed E-state index contributed by atoms with van der Waals surface area (Å²) in [5.41, 5.74) is 6.42. The number of nitrogens with two attached hydrogens (primary N) is 1. The van der Waals surface area contributed by atoms with Crippen molar-refractivity contribution in [2.24, 2.45) is 5.73 Å². The van der Waals surface area contributed by atoms with E-state index in [2.05, 4.69) is 0 Å². The molecule has 76 valence electrons. The van der Waals surface area contributed by atoms with Crippen molar-refractivity contribution in [2.75, 3.05) is 7.11 Å². The van der Waals surface area contributed by atoms with E-state index in [9.17, 15) is 0 Å². The third-order valence-electron chi connectivity index (χ3n) is 2.35. The standard InChI is InChI=1S/C12H11NOS/c1-14-11-9-5-3-2-4-8(9)6-7-10(11)12(13)15/h2-7H,1H3,(H2,13,15). The van der Waals surface area contributed by atoms with E-state index in [0.29, 0.717) is 4.99 Å². The van der Waals surface area contributed by atoms with Crippen molar-refractivity contribution in [2.45, 2.75) is 0 Å². The van der Waals surface area contributed by atoms with Crippen LogP contribution in [-0.2, 0) is 0 Å². The molecule has 0 amide bonds. The lowest BCUT2D eigenvalue weighted by molar-refractivity contribution is 0.419. The van der Waals surface area contributed by atoms with Crippen molar-refractivity contribution in [3.63, 3.8) is 0 Å². The Kier molecular flexibility index (Phi) is 2.56. The first-order valence-corrected chi connectivity index (χ1v) is 5.00. The second-order valence-electron chi connectivity index (χ2n) is 3.23. The molecule has 0 aliphatic rings. The first kappa shape index (κ1) is 9.93. The fourth-order valence-corrected chi connectivity index (χ4v) is 1.82. The Hall–Kier alpha value is -1.61. The van der Waals surface area contributed by atoms with Crippen LogP contribution in [0.2, 0.25) is 0 Å². The molecule has 0 aliphatic carbocycles. The summed E-state index contributed by atoms with van der Waals surface area (Å²) in [6.07, 6.45) is 0. The predicted octanol–water partition coefficient (Wildman–Crippen LogP) is 2.48. The fraction of sp³-hybridized carbons (Fsp3) is 0.0833. The molecule has 2 N–H and O–H groups in total. The van der Waals surface area contributed by atoms with Gasteiger partial charge in [-0.3, -0.25) is 0 Å². The van der Waals surface area contributed by atoms with Crippen molar-refractivity contribution in [1.82, 2.24) is 0 Å². The van der Waals surface area contributed by atoms with E-state index in [1.165, 1.54) is 0 Å². The zero-order valence-electron chi connectivity index (χ0n) is 8.36. The van der Waals surface area contributed by atoms with Gasteiger partial charge in [-0.25, -0.2) is 0 Å². The zero-order chi connectivity index (χ0) is 10.8. The molecule has 0 bridgehead atoms. The van der Waals surface area contributed by atoms with Crippen LogP contribution in [0.5, 0.6) is 5.75 Å². The van der Waals surface area contributed by atoms with E-state index >= 15 is 0 Å². The lowest BCUT2D eigenvalue weighted by Crippen LogP contribution is -2.11. The minimum atomic E-state index is 0.359. The van der Waals surface area contributed by atoms with E-state index < -0.39 is 0 Å². The molecule has 0 aliphatic heterocycles. The Labute approximate surface area is 93.7 Å². The van der Waals surface area contributed by atoms with Crippen LogP contribution in [0, 0.1) is 0 Å². The van der Waals surface area contributed by atoms with Crippen molar-refractivity contribution in [3.8, 4) is 5.75 Å². The summed E-state index contributed by atoms with van der Waals surface area (Å²) in [6.45, 7) is 0. The molecular formula is C12H11NOS. The van der Waals surface area contributed by atoms with E-state index in [-0.39, 0.29) is 0 Å². The highest BCUT2D eigenvalue weighted by Gasteiger charge is 2.09. The Morgan fingerprint density at radius 1 is 1.20 bits per heavy atom. The number of fused-ring (bicyclic) bond motifs is 1. The van der Waals surface area contributed by atoms with Gasteiger partial charge in [-0.15, -0.1) is 0 Å². The molecule has 0 saturated heterocycles. The van der Waals surface area contributed by atoms with Crippen molar-refractivity contribution < 1.29 is 4.74 Å². The summed E-state index contributed by atoms with van der Waals surface area (Å²) in [6, 6.07) is 11.9. The van der Waals surface area contributed by atoms with Gasteiger partial charge < -0.3 is 10.5 Å². The number of benzene rings is 2. The van der Waals surface area contributed by atoms with Gasteiger partial charge in [0.15, 0.2) is 0 Å². The van der Waals surface area contributed by atoms with E-state index in [1.54, 1.807) is 7.11 Å². The minimum Gasteiger partial charge on any atom is -0.495 e. The lowest BCUT2D eigenvalue weighted by atomic mass is 10.1. The number of thiocarbonyl (C=S) groups is 1. The van der Waals surface area contributed by atoms with Crippen LogP contribution in [0.3, 0.4) is 0 Å². The molecule has 0 spiro atoms. The van der Waals surface area contributed by atoms with Crippen LogP contribution in [0.1, 0.15) is 5.56 Å². The maximum Gasteiger partial charge on any atom is 0.136 e. The monoisotopic (exact) mass is 217 g/mol. The van der Waals surface area contributed by atoms with Gasteiger partial charge in [0.25, 0.3) is 0 Å². The minimum absolute atomic E-state index is 0.359. The maximum absolute atomic E-state index is 5.63. The molecular weight excluding hydrogens is 206 g/mol. The summed E-state index contributed by atoms with van der Waals surface area (Å²) < 4.78 is 5.35. The topological polar surface area (TPSA) is 35.2 Å². The number of hydrogen-bond donors (Lipinski definition) is 1. The summed E-state index contributed by atoms with van der Waals surface area (Å²) in [5, 5.41) is 2.15. The molecule has 3 heteroatoms. The molecule has 2 aromatic carbocycles. The molecule has 15 heavy (non-hydrogen) atoms. The molecule has 2 rings (SSSR count). The molecule has 0 heterocycles. The maximum atomic E-state index is 5.63. The smallest absolute Gasteiger partial charge is 0.136 e. The Morgan fingerprint density at radius 2 is 1.93 bits per heavy atom. The SMILES string of the molecule is COc1c(C(N)=S)ccc2ccccc12. The highest BCUT2D eigenvalue weighted by atomic mass is 32.1. The van der Waals surface area contributed by atoms with Gasteiger partial charge in [-0.1, -0.05) is 42.5 Å². The molecule has 0 saturated carbocycles. The van der Waals surface area contributed by atoms with Crippen molar-refractivity contribution in [3.05, 3.63) is 42.0 Å². The molecule has 2 nitrogen and oxygen atoms in total. The highest BCUT2D eigenvalue weighted by Crippen LogP contribution is 2.29. The van der Waals surface area contributed by atoms with Crippen LogP contribution >= 0.6 is 12.2 Å². The Bertz CT molecular complexity index is 522. The predicted molar refractivity (Wildman–Crippen MR) is 66.4 cm³/mol. The van der Waals surface area contributed by atoms with Crippen molar-refractivity contribution in [1.29, 1.82) is 0 Å². The first-order chi connectivity index (χ1) is 7.24. The van der Waals surface area contributed by atoms with Crippen LogP contribution in [0.25, 0.3) is 10.8 Å². The fourth-order valence-electron chi connectivity index (χ4n) is 1.66. The highest BCUT2D eigenvalue weighted by molar-refractivity contribution is 7.80. The van der Waals surface area contributed by atoms with Gasteiger partial charge in [0, 0.05) is 5.39 Å². The molecule has 0 radical (unpaired) electrons. The summed E-state index contributed by atoms with van der Waals surface area (Å²) in [7, 11) is 1.63. The third kappa shape index (κ3) is 1.66. The Balaban J connectivity index is 2.81. The van der Waals surface area contributed by atoms with Gasteiger partial charge in [0.1, 0.15) is 10.7 Å². The summed E-state index contributed by atoms with van der Waals surface area (Å²) in [4.78, 5) is 0.359. The normalized spacial score (nSPS) is 10.2. The Morgan fingerprint density at radius 3 is 2.60 bits per heavy atom. The van der Waals surface area contributed by atoms with E-state index in [4.69, 9.17) is 22.7 Å². The van der Waals surface area contributed by atoms with Crippen LogP contribution in [0.4, 0.5) is 0 Å². The second-order valence-corrected chi connectivity index (χ2v) is 3.67. The number of rotatable bonds is 2. The zero-order valence-corrected chi connectivity index (χ0v) is 9.17.